The number of piperidine rings is 1. The van der Waals surface area contributed by atoms with Crippen LogP contribution in [0.3, 0.4) is 0 Å². The van der Waals surface area contributed by atoms with Crippen LogP contribution in [0, 0.1) is 11.8 Å². The van der Waals surface area contributed by atoms with E-state index in [1.54, 1.807) is 6.92 Å². The van der Waals surface area contributed by atoms with Gasteiger partial charge in [-0.2, -0.15) is 0 Å². The Morgan fingerprint density at radius 1 is 1.22 bits per heavy atom. The summed E-state index contributed by atoms with van der Waals surface area (Å²) in [7, 11) is 0. The number of carbonyl (C=O) groups is 1. The zero-order chi connectivity index (χ0) is 16.1. The zero-order valence-electron chi connectivity index (χ0n) is 14.1. The Hall–Kier alpha value is -1.55. The van der Waals surface area contributed by atoms with Crippen molar-refractivity contribution in [3.8, 4) is 5.75 Å². The van der Waals surface area contributed by atoms with Gasteiger partial charge >= 0.3 is 0 Å². The number of nitrogens with one attached hydrogen (secondary N) is 1. The molecule has 126 valence electrons. The van der Waals surface area contributed by atoms with Gasteiger partial charge in [-0.3, -0.25) is 4.79 Å². The number of likely N-dealkylation sites (tertiary alicyclic amines) is 1. The fourth-order valence-electron chi connectivity index (χ4n) is 3.74. The number of hydrogen-bond acceptors (Lipinski definition) is 3. The van der Waals surface area contributed by atoms with Crippen LogP contribution in [0.4, 0.5) is 0 Å². The van der Waals surface area contributed by atoms with Gasteiger partial charge in [-0.05, 0) is 62.2 Å². The van der Waals surface area contributed by atoms with Crippen LogP contribution in [0.2, 0.25) is 0 Å². The van der Waals surface area contributed by atoms with Gasteiger partial charge in [0, 0.05) is 20.0 Å². The van der Waals surface area contributed by atoms with Gasteiger partial charge in [0.15, 0.2) is 0 Å². The first kappa shape index (κ1) is 16.3. The predicted octanol–water partition coefficient (Wildman–Crippen LogP) is 2.48. The van der Waals surface area contributed by atoms with Gasteiger partial charge in [0.05, 0.1) is 6.61 Å². The van der Waals surface area contributed by atoms with Crippen LogP contribution in [0.1, 0.15) is 31.7 Å². The highest BCUT2D eigenvalue weighted by Crippen LogP contribution is 2.28. The highest BCUT2D eigenvalue weighted by molar-refractivity contribution is 5.72. The lowest BCUT2D eigenvalue weighted by molar-refractivity contribution is -0.119. The maximum atomic E-state index is 11.0. The lowest BCUT2D eigenvalue weighted by Crippen LogP contribution is -2.40. The van der Waals surface area contributed by atoms with E-state index in [1.165, 1.54) is 24.9 Å². The molecular formula is C19H28N2O2. The van der Waals surface area contributed by atoms with Crippen LogP contribution >= 0.6 is 0 Å². The number of nitrogens with zero attached hydrogens (tertiary/aromatic N) is 1. The summed E-state index contributed by atoms with van der Waals surface area (Å²) in [6.45, 7) is 6.76. The normalized spacial score (nSPS) is 22.7. The molecule has 1 amide bonds. The maximum absolute atomic E-state index is 11.0. The second-order valence-corrected chi connectivity index (χ2v) is 7.00. The second kappa shape index (κ2) is 7.82. The van der Waals surface area contributed by atoms with E-state index in [9.17, 15) is 4.79 Å². The van der Waals surface area contributed by atoms with E-state index in [0.29, 0.717) is 11.8 Å². The Labute approximate surface area is 139 Å². The number of para-hydroxylation sites is 1. The topological polar surface area (TPSA) is 41.6 Å². The van der Waals surface area contributed by atoms with E-state index in [4.69, 9.17) is 4.74 Å². The number of amides is 1. The Morgan fingerprint density at radius 3 is 2.78 bits per heavy atom. The van der Waals surface area contributed by atoms with E-state index in [0.717, 1.165) is 44.8 Å². The highest BCUT2D eigenvalue weighted by Gasteiger charge is 2.24. The van der Waals surface area contributed by atoms with E-state index in [-0.39, 0.29) is 5.91 Å². The summed E-state index contributed by atoms with van der Waals surface area (Å²) in [6, 6.07) is 8.45. The summed E-state index contributed by atoms with van der Waals surface area (Å²) in [5.41, 5.74) is 1.36. The van der Waals surface area contributed by atoms with Crippen molar-refractivity contribution in [1.29, 1.82) is 0 Å². The first-order chi connectivity index (χ1) is 11.2. The summed E-state index contributed by atoms with van der Waals surface area (Å²) in [5, 5.41) is 2.96. The molecule has 0 aliphatic carbocycles. The molecule has 0 radical (unpaired) electrons. The molecule has 0 spiro atoms. The monoisotopic (exact) mass is 316 g/mol. The summed E-state index contributed by atoms with van der Waals surface area (Å²) >= 11 is 0. The van der Waals surface area contributed by atoms with Crippen LogP contribution in [0.25, 0.3) is 0 Å². The van der Waals surface area contributed by atoms with Crippen LogP contribution in [-0.4, -0.2) is 43.6 Å². The third kappa shape index (κ3) is 4.71. The van der Waals surface area contributed by atoms with Gasteiger partial charge in [0.1, 0.15) is 5.75 Å². The zero-order valence-corrected chi connectivity index (χ0v) is 14.1. The Bertz CT molecular complexity index is 524. The van der Waals surface area contributed by atoms with E-state index in [1.807, 2.05) is 0 Å². The molecule has 1 atom stereocenters. The molecule has 23 heavy (non-hydrogen) atoms. The molecule has 4 nitrogen and oxygen atoms in total. The maximum Gasteiger partial charge on any atom is 0.216 e. The minimum Gasteiger partial charge on any atom is -0.493 e. The molecule has 1 aromatic rings. The average molecular weight is 316 g/mol. The number of hydrogen-bond donors (Lipinski definition) is 1. The smallest absolute Gasteiger partial charge is 0.216 e. The fourth-order valence-corrected chi connectivity index (χ4v) is 3.74. The first-order valence-electron chi connectivity index (χ1n) is 8.88. The van der Waals surface area contributed by atoms with Crippen LogP contribution in [0.15, 0.2) is 24.3 Å². The minimum absolute atomic E-state index is 0.0875. The fraction of sp³-hybridized carbons (Fsp3) is 0.632. The molecule has 2 aliphatic heterocycles. The molecule has 2 aliphatic rings. The van der Waals surface area contributed by atoms with Crippen molar-refractivity contribution in [2.45, 2.75) is 32.6 Å². The van der Waals surface area contributed by atoms with Gasteiger partial charge in [-0.25, -0.2) is 0 Å². The van der Waals surface area contributed by atoms with E-state index in [2.05, 4.69) is 34.5 Å². The van der Waals surface area contributed by atoms with Crippen LogP contribution < -0.4 is 10.1 Å². The van der Waals surface area contributed by atoms with Gasteiger partial charge in [0.25, 0.3) is 0 Å². The predicted molar refractivity (Wildman–Crippen MR) is 91.6 cm³/mol. The molecule has 0 aromatic heterocycles. The van der Waals surface area contributed by atoms with E-state index >= 15 is 0 Å². The third-order valence-corrected chi connectivity index (χ3v) is 5.13. The van der Waals surface area contributed by atoms with Crippen molar-refractivity contribution in [2.24, 2.45) is 11.8 Å². The number of fused-ring (bicyclic) bond motifs is 1. The summed E-state index contributed by atoms with van der Waals surface area (Å²) in [4.78, 5) is 13.6. The molecule has 1 aromatic carbocycles. The number of rotatable bonds is 4. The Kier molecular flexibility index (Phi) is 5.55. The van der Waals surface area contributed by atoms with Gasteiger partial charge in [-0.15, -0.1) is 0 Å². The highest BCUT2D eigenvalue weighted by atomic mass is 16.5. The number of ether oxygens (including phenoxy) is 1. The first-order valence-corrected chi connectivity index (χ1v) is 8.88. The summed E-state index contributed by atoms with van der Waals surface area (Å²) < 4.78 is 5.88. The molecule has 3 rings (SSSR count). The average Bonchev–Trinajstić information content (AvgIpc) is 2.76. The quantitative estimate of drug-likeness (QED) is 0.928. The van der Waals surface area contributed by atoms with Crippen molar-refractivity contribution in [2.75, 3.05) is 32.8 Å². The van der Waals surface area contributed by atoms with Crippen LogP contribution in [0.5, 0.6) is 5.75 Å². The minimum atomic E-state index is 0.0875. The molecule has 1 fully saturated rings. The van der Waals surface area contributed by atoms with Crippen molar-refractivity contribution >= 4 is 5.91 Å². The van der Waals surface area contributed by atoms with Gasteiger partial charge < -0.3 is 15.0 Å². The third-order valence-electron chi connectivity index (χ3n) is 5.13. The Balaban J connectivity index is 1.46. The Morgan fingerprint density at radius 2 is 2.00 bits per heavy atom. The standard InChI is InChI=1S/C19H28N2O2/c1-15(22)20-13-16-6-9-21(10-7-16)14-17-8-11-23-19-5-3-2-4-18(19)12-17/h2-5,16-17H,6-14H2,1H3,(H,20,22)/t17-/m0/s1. The largest absolute Gasteiger partial charge is 0.493 e. The van der Waals surface area contributed by atoms with Crippen LogP contribution in [-0.2, 0) is 11.2 Å². The molecule has 2 heterocycles. The molecule has 1 saturated heterocycles. The van der Waals surface area contributed by atoms with Crippen molar-refractivity contribution < 1.29 is 9.53 Å². The summed E-state index contributed by atoms with van der Waals surface area (Å²) in [5.74, 6) is 2.49. The molecule has 0 saturated carbocycles. The lowest BCUT2D eigenvalue weighted by atomic mass is 9.93. The number of benzene rings is 1. The lowest BCUT2D eigenvalue weighted by Gasteiger charge is -2.34. The molecule has 4 heteroatoms. The number of carbonyl (C=O) groups excluding carboxylic acids is 1. The molecule has 0 unspecified atom stereocenters. The van der Waals surface area contributed by atoms with Crippen molar-refractivity contribution in [3.63, 3.8) is 0 Å². The van der Waals surface area contributed by atoms with E-state index < -0.39 is 0 Å². The van der Waals surface area contributed by atoms with Gasteiger partial charge in [-0.1, -0.05) is 18.2 Å². The van der Waals surface area contributed by atoms with Crippen molar-refractivity contribution in [3.05, 3.63) is 29.8 Å². The molecule has 0 bridgehead atoms. The SMILES string of the molecule is CC(=O)NCC1CCN(C[C@H]2CCOc3ccccc3C2)CC1. The molecule has 1 N–H and O–H groups in total. The van der Waals surface area contributed by atoms with Gasteiger partial charge in [0.2, 0.25) is 5.91 Å². The second-order valence-electron chi connectivity index (χ2n) is 7.00. The molecular weight excluding hydrogens is 288 g/mol. The summed E-state index contributed by atoms with van der Waals surface area (Å²) in [6.07, 6.45) is 4.66. The van der Waals surface area contributed by atoms with Crippen molar-refractivity contribution in [1.82, 2.24) is 10.2 Å².